The minimum Gasteiger partial charge on any atom is -0.337 e. The first kappa shape index (κ1) is 9.02. The molecule has 1 heterocycles. The molecule has 0 bridgehead atoms. The molecule has 0 amide bonds. The monoisotopic (exact) mass is 187 g/mol. The van der Waals surface area contributed by atoms with Gasteiger partial charge in [-0.15, -0.1) is 0 Å². The molecule has 0 unspecified atom stereocenters. The Bertz CT molecular complexity index is 311. The van der Waals surface area contributed by atoms with Crippen molar-refractivity contribution in [3.63, 3.8) is 0 Å². The maximum Gasteiger partial charge on any atom is 0.283 e. The Labute approximate surface area is 71.2 Å². The quantitative estimate of drug-likeness (QED) is 0.647. The predicted octanol–water partition coefficient (Wildman–Crippen LogP) is 0.731. The van der Waals surface area contributed by atoms with Crippen molar-refractivity contribution in [2.75, 3.05) is 5.88 Å². The first-order valence-electron chi connectivity index (χ1n) is 3.30. The molecule has 0 aromatic carbocycles. The molecule has 0 aliphatic carbocycles. The number of nitrogens with zero attached hydrogens (tertiary/aromatic N) is 1. The van der Waals surface area contributed by atoms with Gasteiger partial charge in [0.2, 0.25) is 0 Å². The third-order valence-electron chi connectivity index (χ3n) is 1.20. The Hall–Kier alpha value is -1.07. The Morgan fingerprint density at radius 1 is 1.08 bits per heavy atom. The molecule has 0 aromatic rings. The number of hydrogen-bond acceptors (Lipinski definition) is 3. The van der Waals surface area contributed by atoms with E-state index in [2.05, 4.69) is 0 Å². The summed E-state index contributed by atoms with van der Waals surface area (Å²) in [6, 6.07) is 0. The van der Waals surface area contributed by atoms with E-state index in [0.29, 0.717) is 0 Å². The van der Waals surface area contributed by atoms with Crippen molar-refractivity contribution in [3.8, 4) is 0 Å². The molecule has 0 fully saturated rings. The Balaban J connectivity index is 2.66. The molecule has 0 saturated heterocycles. The molecule has 12 heavy (non-hydrogen) atoms. The molecular weight excluding hydrogens is 178 g/mol. The lowest BCUT2D eigenvalue weighted by Crippen LogP contribution is -2.19. The fraction of sp³-hybridized carbons (Fsp3) is 0.143. The maximum atomic E-state index is 10.4. The van der Waals surface area contributed by atoms with Gasteiger partial charge in [-0.3, -0.25) is 4.55 Å². The fourth-order valence-corrected chi connectivity index (χ4v) is 1.32. The van der Waals surface area contributed by atoms with Crippen molar-refractivity contribution in [2.24, 2.45) is 0 Å². The van der Waals surface area contributed by atoms with Crippen LogP contribution in [0.25, 0.3) is 0 Å². The minimum absolute atomic E-state index is 0.415. The van der Waals surface area contributed by atoms with Crippen molar-refractivity contribution in [3.05, 3.63) is 36.7 Å². The average Bonchev–Trinajstić information content (AvgIpc) is 2.12. The number of hydrogen-bond donors (Lipinski definition) is 1. The van der Waals surface area contributed by atoms with Crippen LogP contribution in [0.3, 0.4) is 0 Å². The van der Waals surface area contributed by atoms with Crippen LogP contribution in [0.5, 0.6) is 0 Å². The SMILES string of the molecule is O=S(=O)(O)CN1C=CC=CC=C1. The maximum absolute atomic E-state index is 10.4. The van der Waals surface area contributed by atoms with Gasteiger partial charge in [0.05, 0.1) is 0 Å². The third kappa shape index (κ3) is 3.36. The summed E-state index contributed by atoms with van der Waals surface area (Å²) in [6.07, 6.45) is 10.0. The van der Waals surface area contributed by atoms with Crippen LogP contribution in [0.1, 0.15) is 0 Å². The first-order chi connectivity index (χ1) is 5.58. The van der Waals surface area contributed by atoms with Gasteiger partial charge in [-0.2, -0.15) is 8.42 Å². The van der Waals surface area contributed by atoms with E-state index < -0.39 is 16.0 Å². The summed E-state index contributed by atoms with van der Waals surface area (Å²) in [5.74, 6) is -0.415. The Kier molecular flexibility index (Phi) is 2.67. The van der Waals surface area contributed by atoms with E-state index >= 15 is 0 Å². The van der Waals surface area contributed by atoms with Gasteiger partial charge >= 0.3 is 0 Å². The highest BCUT2D eigenvalue weighted by atomic mass is 32.2. The van der Waals surface area contributed by atoms with E-state index in [9.17, 15) is 8.42 Å². The molecule has 0 radical (unpaired) electrons. The molecule has 66 valence electrons. The van der Waals surface area contributed by atoms with Gasteiger partial charge in [-0.05, 0) is 12.2 Å². The highest BCUT2D eigenvalue weighted by Crippen LogP contribution is 1.99. The van der Waals surface area contributed by atoms with Gasteiger partial charge in [-0.1, -0.05) is 12.2 Å². The highest BCUT2D eigenvalue weighted by molar-refractivity contribution is 7.85. The fourth-order valence-electron chi connectivity index (χ4n) is 0.773. The molecule has 0 saturated carbocycles. The molecule has 1 aliphatic heterocycles. The van der Waals surface area contributed by atoms with E-state index in [1.165, 1.54) is 4.90 Å². The molecule has 1 N–H and O–H groups in total. The molecule has 0 atom stereocenters. The molecule has 4 nitrogen and oxygen atoms in total. The third-order valence-corrected chi connectivity index (χ3v) is 1.83. The number of allylic oxidation sites excluding steroid dienone is 4. The largest absolute Gasteiger partial charge is 0.337 e. The zero-order chi connectivity index (χ0) is 9.03. The van der Waals surface area contributed by atoms with Crippen molar-refractivity contribution in [1.82, 2.24) is 4.90 Å². The summed E-state index contributed by atoms with van der Waals surface area (Å²) < 4.78 is 29.4. The molecular formula is C7H9NO3S. The van der Waals surface area contributed by atoms with E-state index in [1.54, 1.807) is 36.7 Å². The van der Waals surface area contributed by atoms with Crippen LogP contribution in [0.2, 0.25) is 0 Å². The molecule has 0 aromatic heterocycles. The van der Waals surface area contributed by atoms with Crippen LogP contribution in [0.4, 0.5) is 0 Å². The van der Waals surface area contributed by atoms with E-state index in [4.69, 9.17) is 4.55 Å². The van der Waals surface area contributed by atoms with Crippen LogP contribution in [-0.4, -0.2) is 23.7 Å². The van der Waals surface area contributed by atoms with Crippen LogP contribution in [-0.2, 0) is 10.1 Å². The molecule has 1 rings (SSSR count). The van der Waals surface area contributed by atoms with E-state index in [1.807, 2.05) is 0 Å². The summed E-state index contributed by atoms with van der Waals surface area (Å²) in [4.78, 5) is 1.37. The predicted molar refractivity (Wildman–Crippen MR) is 45.7 cm³/mol. The molecule has 5 heteroatoms. The van der Waals surface area contributed by atoms with E-state index in [0.717, 1.165) is 0 Å². The second kappa shape index (κ2) is 3.55. The van der Waals surface area contributed by atoms with Crippen LogP contribution in [0, 0.1) is 0 Å². The summed E-state index contributed by atoms with van der Waals surface area (Å²) in [6.45, 7) is 0. The van der Waals surface area contributed by atoms with Crippen molar-refractivity contribution in [1.29, 1.82) is 0 Å². The normalized spacial score (nSPS) is 16.6. The van der Waals surface area contributed by atoms with Crippen LogP contribution in [0.15, 0.2) is 36.7 Å². The number of rotatable bonds is 2. The summed E-state index contributed by atoms with van der Waals surface area (Å²) in [7, 11) is -3.94. The summed E-state index contributed by atoms with van der Waals surface area (Å²) >= 11 is 0. The Morgan fingerprint density at radius 2 is 1.58 bits per heavy atom. The second-order valence-corrected chi connectivity index (χ2v) is 3.72. The highest BCUT2D eigenvalue weighted by Gasteiger charge is 2.07. The molecule has 1 aliphatic rings. The van der Waals surface area contributed by atoms with Gasteiger partial charge in [0.25, 0.3) is 10.1 Å². The first-order valence-corrected chi connectivity index (χ1v) is 4.91. The minimum atomic E-state index is -3.94. The van der Waals surface area contributed by atoms with Crippen molar-refractivity contribution in [2.45, 2.75) is 0 Å². The molecule has 0 spiro atoms. The van der Waals surface area contributed by atoms with E-state index in [-0.39, 0.29) is 0 Å². The zero-order valence-electron chi connectivity index (χ0n) is 6.29. The second-order valence-electron chi connectivity index (χ2n) is 2.29. The lowest BCUT2D eigenvalue weighted by molar-refractivity contribution is 0.453. The van der Waals surface area contributed by atoms with Crippen LogP contribution >= 0.6 is 0 Å². The summed E-state index contributed by atoms with van der Waals surface area (Å²) in [5, 5.41) is 0. The lowest BCUT2D eigenvalue weighted by Gasteiger charge is -2.11. The summed E-state index contributed by atoms with van der Waals surface area (Å²) in [5.41, 5.74) is 0. The van der Waals surface area contributed by atoms with Crippen molar-refractivity contribution < 1.29 is 13.0 Å². The standard InChI is InChI=1S/C7H9NO3S/c9-12(10,11)7-8-5-3-1-2-4-6-8/h1-6H,7H2,(H,9,10,11). The van der Waals surface area contributed by atoms with Gasteiger partial charge in [0, 0.05) is 12.4 Å². The van der Waals surface area contributed by atoms with Crippen LogP contribution < -0.4 is 0 Å². The lowest BCUT2D eigenvalue weighted by atomic mass is 10.5. The van der Waals surface area contributed by atoms with Gasteiger partial charge in [-0.25, -0.2) is 0 Å². The van der Waals surface area contributed by atoms with Crippen molar-refractivity contribution >= 4 is 10.1 Å². The average molecular weight is 187 g/mol. The topological polar surface area (TPSA) is 57.6 Å². The van der Waals surface area contributed by atoms with Gasteiger partial charge in [0.1, 0.15) is 5.88 Å². The van der Waals surface area contributed by atoms with Gasteiger partial charge in [0.15, 0.2) is 0 Å². The zero-order valence-corrected chi connectivity index (χ0v) is 7.11. The Morgan fingerprint density at radius 3 is 2.00 bits per heavy atom. The van der Waals surface area contributed by atoms with Gasteiger partial charge < -0.3 is 4.90 Å². The smallest absolute Gasteiger partial charge is 0.283 e.